The number of nitrogens with one attached hydrogen (secondary N) is 1. The van der Waals surface area contributed by atoms with Crippen molar-refractivity contribution in [3.8, 4) is 0 Å². The number of rotatable bonds is 5. The van der Waals surface area contributed by atoms with Crippen LogP contribution in [0.5, 0.6) is 0 Å². The van der Waals surface area contributed by atoms with Gasteiger partial charge in [-0.3, -0.25) is 4.79 Å². The van der Waals surface area contributed by atoms with Gasteiger partial charge in [0.1, 0.15) is 12.0 Å². The maximum Gasteiger partial charge on any atom is 0.341 e. The van der Waals surface area contributed by atoms with Crippen LogP contribution in [0.3, 0.4) is 0 Å². The molecule has 1 aliphatic rings. The number of esters is 1. The summed E-state index contributed by atoms with van der Waals surface area (Å²) in [5.74, 6) is 0.429. The highest BCUT2D eigenvalue weighted by Gasteiger charge is 2.26. The quantitative estimate of drug-likeness (QED) is 0.640. The van der Waals surface area contributed by atoms with Crippen LogP contribution < -0.4 is 0 Å². The largest absolute Gasteiger partial charge is 0.465 e. The molecule has 2 aromatic heterocycles. The molecular weight excluding hydrogens is 326 g/mol. The number of amides is 1. The predicted molar refractivity (Wildman–Crippen MR) is 86.3 cm³/mol. The minimum atomic E-state index is -0.481. The Morgan fingerprint density at radius 1 is 1.48 bits per heavy atom. The Hall–Kier alpha value is -2.97. The molecule has 0 saturated carbocycles. The fourth-order valence-corrected chi connectivity index (χ4v) is 2.90. The first-order chi connectivity index (χ1) is 12.2. The van der Waals surface area contributed by atoms with Crippen LogP contribution >= 0.6 is 0 Å². The summed E-state index contributed by atoms with van der Waals surface area (Å²) in [7, 11) is 1.30. The van der Waals surface area contributed by atoms with E-state index in [0.29, 0.717) is 30.1 Å². The minimum Gasteiger partial charge on any atom is -0.465 e. The summed E-state index contributed by atoms with van der Waals surface area (Å²) in [6.07, 6.45) is 7.82. The lowest BCUT2D eigenvalue weighted by molar-refractivity contribution is -0.129. The third-order valence-corrected chi connectivity index (χ3v) is 4.15. The lowest BCUT2D eigenvalue weighted by Crippen LogP contribution is -2.44. The van der Waals surface area contributed by atoms with Gasteiger partial charge in [0.15, 0.2) is 5.82 Å². The zero-order chi connectivity index (χ0) is 17.6. The van der Waals surface area contributed by atoms with E-state index in [1.54, 1.807) is 6.08 Å². The van der Waals surface area contributed by atoms with Crippen molar-refractivity contribution in [2.24, 2.45) is 0 Å². The number of carbonyl (C=O) groups excluding carboxylic acids is 2. The van der Waals surface area contributed by atoms with Gasteiger partial charge < -0.3 is 14.1 Å². The molecular formula is C16H19N5O4. The van der Waals surface area contributed by atoms with Crippen molar-refractivity contribution in [1.82, 2.24) is 25.5 Å². The van der Waals surface area contributed by atoms with Gasteiger partial charge in [-0.1, -0.05) is 5.21 Å². The highest BCUT2D eigenvalue weighted by molar-refractivity contribution is 5.93. The Bertz CT molecular complexity index is 752. The molecule has 1 atom stereocenters. The number of aromatic amines is 1. The smallest absolute Gasteiger partial charge is 0.341 e. The number of carbonyl (C=O) groups is 2. The normalized spacial score (nSPS) is 17.8. The molecule has 0 bridgehead atoms. The van der Waals surface area contributed by atoms with Crippen LogP contribution in [0.15, 0.2) is 22.8 Å². The zero-order valence-corrected chi connectivity index (χ0v) is 13.8. The predicted octanol–water partition coefficient (Wildman–Crippen LogP) is 1.22. The van der Waals surface area contributed by atoms with E-state index in [9.17, 15) is 9.59 Å². The number of nitrogens with zero attached hydrogens (tertiary/aromatic N) is 4. The van der Waals surface area contributed by atoms with Gasteiger partial charge in [-0.2, -0.15) is 5.21 Å². The lowest BCUT2D eigenvalue weighted by Gasteiger charge is -2.34. The molecule has 1 N–H and O–H groups in total. The summed E-state index contributed by atoms with van der Waals surface area (Å²) < 4.78 is 9.86. The number of likely N-dealkylation sites (tertiary alicyclic amines) is 1. The Morgan fingerprint density at radius 3 is 3.12 bits per heavy atom. The molecule has 1 fully saturated rings. The van der Waals surface area contributed by atoms with Gasteiger partial charge in [0, 0.05) is 25.1 Å². The topological polar surface area (TPSA) is 114 Å². The molecule has 1 saturated heterocycles. The fourth-order valence-electron chi connectivity index (χ4n) is 2.90. The monoisotopic (exact) mass is 345 g/mol. The van der Waals surface area contributed by atoms with Crippen molar-refractivity contribution in [2.45, 2.75) is 31.7 Å². The molecule has 1 amide bonds. The Kier molecular flexibility index (Phi) is 5.22. The number of furan rings is 1. The third kappa shape index (κ3) is 4.11. The number of H-pyrrole nitrogens is 1. The fraction of sp³-hybridized carbons (Fsp3) is 0.438. The third-order valence-electron chi connectivity index (χ3n) is 4.15. The number of piperidine rings is 1. The highest BCUT2D eigenvalue weighted by Crippen LogP contribution is 2.20. The summed E-state index contributed by atoms with van der Waals surface area (Å²) in [6, 6.07) is 1.58. The molecule has 25 heavy (non-hydrogen) atoms. The molecule has 0 spiro atoms. The van der Waals surface area contributed by atoms with E-state index in [0.717, 1.165) is 19.3 Å². The van der Waals surface area contributed by atoms with Crippen molar-refractivity contribution in [2.75, 3.05) is 13.7 Å². The molecule has 3 heterocycles. The van der Waals surface area contributed by atoms with Gasteiger partial charge in [0.2, 0.25) is 5.91 Å². The SMILES string of the molecule is COC(=O)c1coc(/C=C/C(=O)N2CCCCC2Cc2nn[nH]n2)c1. The molecule has 132 valence electrons. The minimum absolute atomic E-state index is 0.0470. The molecule has 0 aliphatic carbocycles. The second-order valence-corrected chi connectivity index (χ2v) is 5.78. The number of aromatic nitrogens is 4. The molecule has 0 radical (unpaired) electrons. The van der Waals surface area contributed by atoms with E-state index >= 15 is 0 Å². The van der Waals surface area contributed by atoms with E-state index in [1.165, 1.54) is 25.5 Å². The van der Waals surface area contributed by atoms with Crippen molar-refractivity contribution in [3.05, 3.63) is 35.6 Å². The summed E-state index contributed by atoms with van der Waals surface area (Å²) in [4.78, 5) is 25.8. The number of hydrogen-bond acceptors (Lipinski definition) is 7. The molecule has 9 nitrogen and oxygen atoms in total. The van der Waals surface area contributed by atoms with Crippen molar-refractivity contribution in [1.29, 1.82) is 0 Å². The Labute approximate surface area is 144 Å². The van der Waals surface area contributed by atoms with Gasteiger partial charge in [0.25, 0.3) is 0 Å². The van der Waals surface area contributed by atoms with Crippen molar-refractivity contribution in [3.63, 3.8) is 0 Å². The van der Waals surface area contributed by atoms with E-state index in [-0.39, 0.29) is 11.9 Å². The molecule has 2 aromatic rings. The van der Waals surface area contributed by atoms with Gasteiger partial charge in [-0.25, -0.2) is 4.79 Å². The summed E-state index contributed by atoms with van der Waals surface area (Å²) in [5.41, 5.74) is 0.308. The molecule has 1 unspecified atom stereocenters. The van der Waals surface area contributed by atoms with Gasteiger partial charge in [-0.05, 0) is 31.4 Å². The van der Waals surface area contributed by atoms with Gasteiger partial charge in [0.05, 0.1) is 12.7 Å². The summed E-state index contributed by atoms with van der Waals surface area (Å²) in [5, 5.41) is 13.9. The first kappa shape index (κ1) is 16.9. The standard InChI is InChI=1S/C16H19N5O4/c1-24-16(23)11-8-13(25-10-11)5-6-15(22)21-7-3-2-4-12(21)9-14-17-19-20-18-14/h5-6,8,10,12H,2-4,7,9H2,1H3,(H,17,18,19,20)/b6-5+. The van der Waals surface area contributed by atoms with E-state index in [2.05, 4.69) is 25.4 Å². The second kappa shape index (κ2) is 7.73. The number of tetrazole rings is 1. The van der Waals surface area contributed by atoms with Crippen LogP contribution in [-0.4, -0.2) is 57.1 Å². The number of hydrogen-bond donors (Lipinski definition) is 1. The van der Waals surface area contributed by atoms with E-state index in [1.807, 2.05) is 4.90 Å². The van der Waals surface area contributed by atoms with Crippen LogP contribution in [0.4, 0.5) is 0 Å². The molecule has 1 aliphatic heterocycles. The maximum atomic E-state index is 12.5. The Morgan fingerprint density at radius 2 is 2.36 bits per heavy atom. The highest BCUT2D eigenvalue weighted by atomic mass is 16.5. The average molecular weight is 345 g/mol. The number of ether oxygens (including phenoxy) is 1. The van der Waals surface area contributed by atoms with Crippen molar-refractivity contribution < 1.29 is 18.7 Å². The summed E-state index contributed by atoms with van der Waals surface area (Å²) in [6.45, 7) is 0.692. The van der Waals surface area contributed by atoms with Crippen LogP contribution in [0.1, 0.15) is 41.2 Å². The van der Waals surface area contributed by atoms with E-state index in [4.69, 9.17) is 4.42 Å². The maximum absolute atomic E-state index is 12.5. The average Bonchev–Trinajstić information content (AvgIpc) is 3.31. The van der Waals surface area contributed by atoms with Gasteiger partial charge >= 0.3 is 5.97 Å². The van der Waals surface area contributed by atoms with Gasteiger partial charge in [-0.15, -0.1) is 10.2 Å². The second-order valence-electron chi connectivity index (χ2n) is 5.78. The Balaban J connectivity index is 1.65. The number of methoxy groups -OCH3 is 1. The molecule has 3 rings (SSSR count). The van der Waals surface area contributed by atoms with Crippen molar-refractivity contribution >= 4 is 18.0 Å². The lowest BCUT2D eigenvalue weighted by atomic mass is 9.99. The van der Waals surface area contributed by atoms with E-state index < -0.39 is 5.97 Å². The zero-order valence-electron chi connectivity index (χ0n) is 13.8. The van der Waals surface area contributed by atoms with Crippen LogP contribution in [0.2, 0.25) is 0 Å². The van der Waals surface area contributed by atoms with Crippen LogP contribution in [-0.2, 0) is 16.0 Å². The first-order valence-corrected chi connectivity index (χ1v) is 8.05. The van der Waals surface area contributed by atoms with Crippen LogP contribution in [0.25, 0.3) is 6.08 Å². The summed E-state index contributed by atoms with van der Waals surface area (Å²) >= 11 is 0. The molecule has 0 aromatic carbocycles. The first-order valence-electron chi connectivity index (χ1n) is 8.05. The molecule has 9 heteroatoms. The van der Waals surface area contributed by atoms with Crippen LogP contribution in [0, 0.1) is 0 Å².